The van der Waals surface area contributed by atoms with Gasteiger partial charge in [0, 0.05) is 12.6 Å². The third-order valence-corrected chi connectivity index (χ3v) is 3.78. The fourth-order valence-corrected chi connectivity index (χ4v) is 2.56. The van der Waals surface area contributed by atoms with Crippen LogP contribution in [0.1, 0.15) is 34.6 Å². The van der Waals surface area contributed by atoms with E-state index in [1.807, 2.05) is 0 Å². The molecule has 1 heterocycles. The number of nitrogens with zero attached hydrogens (tertiary/aromatic N) is 2. The van der Waals surface area contributed by atoms with Gasteiger partial charge in [0.25, 0.3) is 5.91 Å². The molecule has 1 aromatic carbocycles. The fraction of sp³-hybridized carbons (Fsp3) is 0.333. The number of carbonyl (C=O) groups is 1. The average molecular weight is 291 g/mol. The van der Waals surface area contributed by atoms with Crippen LogP contribution in [0.4, 0.5) is 8.78 Å². The minimum Gasteiger partial charge on any atom is -0.341 e. The van der Waals surface area contributed by atoms with Crippen LogP contribution in [0, 0.1) is 18.6 Å². The third-order valence-electron chi connectivity index (χ3n) is 3.78. The summed E-state index contributed by atoms with van der Waals surface area (Å²) >= 11 is 0. The van der Waals surface area contributed by atoms with Crippen molar-refractivity contribution < 1.29 is 13.6 Å². The highest BCUT2D eigenvalue weighted by Crippen LogP contribution is 2.46. The fourth-order valence-electron chi connectivity index (χ4n) is 2.56. The van der Waals surface area contributed by atoms with Gasteiger partial charge in [0.1, 0.15) is 17.3 Å². The molecule has 1 aliphatic carbocycles. The molecule has 0 bridgehead atoms. The predicted molar refractivity (Wildman–Crippen MR) is 72.7 cm³/mol. The van der Waals surface area contributed by atoms with Crippen LogP contribution < -0.4 is 5.32 Å². The first-order chi connectivity index (χ1) is 9.91. The first-order valence-electron chi connectivity index (χ1n) is 6.70. The van der Waals surface area contributed by atoms with Crippen molar-refractivity contribution >= 4 is 5.91 Å². The van der Waals surface area contributed by atoms with Crippen LogP contribution in [-0.4, -0.2) is 15.7 Å². The minimum atomic E-state index is -0.804. The summed E-state index contributed by atoms with van der Waals surface area (Å²) in [6.07, 6.45) is 1.19. The van der Waals surface area contributed by atoms with Crippen LogP contribution in [-0.2, 0) is 12.6 Å². The molecule has 1 fully saturated rings. The molecule has 3 rings (SSSR count). The molecule has 110 valence electrons. The maximum Gasteiger partial charge on any atom is 0.270 e. The van der Waals surface area contributed by atoms with E-state index in [0.717, 1.165) is 23.9 Å². The summed E-state index contributed by atoms with van der Waals surface area (Å²) in [5.74, 6) is -1.35. The Balaban J connectivity index is 1.89. The number of aromatic nitrogens is 2. The Morgan fingerprint density at radius 1 is 1.33 bits per heavy atom. The van der Waals surface area contributed by atoms with Crippen molar-refractivity contribution in [2.24, 2.45) is 7.05 Å². The topological polar surface area (TPSA) is 46.9 Å². The zero-order chi connectivity index (χ0) is 15.2. The second-order valence-corrected chi connectivity index (χ2v) is 5.45. The summed E-state index contributed by atoms with van der Waals surface area (Å²) in [6.45, 7) is 1.79. The summed E-state index contributed by atoms with van der Waals surface area (Å²) in [5.41, 5.74) is 0.524. The molecule has 0 unspecified atom stereocenters. The summed E-state index contributed by atoms with van der Waals surface area (Å²) in [6, 6.07) is 4.97. The lowest BCUT2D eigenvalue weighted by molar-refractivity contribution is 0.0920. The molecule has 0 saturated heterocycles. The zero-order valence-electron chi connectivity index (χ0n) is 11.8. The van der Waals surface area contributed by atoms with Gasteiger partial charge in [-0.05, 0) is 44.0 Å². The van der Waals surface area contributed by atoms with Crippen LogP contribution in [0.2, 0.25) is 0 Å². The van der Waals surface area contributed by atoms with Gasteiger partial charge in [-0.1, -0.05) is 0 Å². The lowest BCUT2D eigenvalue weighted by atomic mass is 10.0. The van der Waals surface area contributed by atoms with E-state index in [-0.39, 0.29) is 11.5 Å². The van der Waals surface area contributed by atoms with Crippen LogP contribution in [0.3, 0.4) is 0 Å². The smallest absolute Gasteiger partial charge is 0.270 e. The van der Waals surface area contributed by atoms with Crippen LogP contribution in [0.25, 0.3) is 0 Å². The molecule has 0 radical (unpaired) electrons. The maximum absolute atomic E-state index is 13.9. The molecule has 4 nitrogen and oxygen atoms in total. The number of amides is 1. The highest BCUT2D eigenvalue weighted by atomic mass is 19.1. The van der Waals surface area contributed by atoms with Crippen LogP contribution in [0.15, 0.2) is 24.3 Å². The van der Waals surface area contributed by atoms with Gasteiger partial charge in [-0.3, -0.25) is 9.48 Å². The molecule has 1 N–H and O–H groups in total. The largest absolute Gasteiger partial charge is 0.341 e. The highest BCUT2D eigenvalue weighted by Gasteiger charge is 2.48. The summed E-state index contributed by atoms with van der Waals surface area (Å²) in [7, 11) is 1.67. The summed E-state index contributed by atoms with van der Waals surface area (Å²) in [5, 5.41) is 6.92. The standard InChI is InChI=1S/C15H15F2N3O/c1-9-7-13(20(2)19-9)14(21)18-15(5-6-15)11-8-10(16)3-4-12(11)17/h3-4,7-8H,5-6H2,1-2H3,(H,18,21). The van der Waals surface area contributed by atoms with Crippen molar-refractivity contribution in [1.82, 2.24) is 15.1 Å². The lowest BCUT2D eigenvalue weighted by Gasteiger charge is -2.18. The summed E-state index contributed by atoms with van der Waals surface area (Å²) in [4.78, 5) is 12.3. The Labute approximate surface area is 120 Å². The average Bonchev–Trinajstić information content (AvgIpc) is 3.11. The van der Waals surface area contributed by atoms with Crippen molar-refractivity contribution in [2.75, 3.05) is 0 Å². The quantitative estimate of drug-likeness (QED) is 0.944. The van der Waals surface area contributed by atoms with Gasteiger partial charge in [-0.25, -0.2) is 8.78 Å². The van der Waals surface area contributed by atoms with E-state index < -0.39 is 17.2 Å². The van der Waals surface area contributed by atoms with E-state index in [1.54, 1.807) is 20.0 Å². The molecule has 2 aromatic rings. The van der Waals surface area contributed by atoms with Crippen molar-refractivity contribution in [3.63, 3.8) is 0 Å². The second kappa shape index (κ2) is 4.65. The Bertz CT molecular complexity index is 720. The monoisotopic (exact) mass is 291 g/mol. The van der Waals surface area contributed by atoms with Gasteiger partial charge in [-0.2, -0.15) is 5.10 Å². The zero-order valence-corrected chi connectivity index (χ0v) is 11.8. The van der Waals surface area contributed by atoms with Gasteiger partial charge in [-0.15, -0.1) is 0 Å². The number of nitrogens with one attached hydrogen (secondary N) is 1. The molecule has 1 saturated carbocycles. The number of rotatable bonds is 3. The lowest BCUT2D eigenvalue weighted by Crippen LogP contribution is -2.36. The predicted octanol–water partition coefficient (Wildman–Crippen LogP) is 2.43. The first kappa shape index (κ1) is 13.7. The molecule has 6 heteroatoms. The van der Waals surface area contributed by atoms with E-state index in [0.29, 0.717) is 18.5 Å². The Kier molecular flexibility index (Phi) is 3.04. The SMILES string of the molecule is Cc1cc(C(=O)NC2(c3cc(F)ccc3F)CC2)n(C)n1. The Morgan fingerprint density at radius 3 is 2.62 bits per heavy atom. The summed E-state index contributed by atoms with van der Waals surface area (Å²) < 4.78 is 28.7. The van der Waals surface area contributed by atoms with Crippen LogP contribution in [0.5, 0.6) is 0 Å². The van der Waals surface area contributed by atoms with Crippen molar-refractivity contribution in [3.05, 3.63) is 52.9 Å². The van der Waals surface area contributed by atoms with Gasteiger partial charge < -0.3 is 5.32 Å². The number of carbonyl (C=O) groups excluding carboxylic acids is 1. The third kappa shape index (κ3) is 2.41. The second-order valence-electron chi connectivity index (χ2n) is 5.45. The van der Waals surface area contributed by atoms with Gasteiger partial charge in [0.2, 0.25) is 0 Å². The Morgan fingerprint density at radius 2 is 2.05 bits per heavy atom. The minimum absolute atomic E-state index is 0.203. The molecule has 1 aromatic heterocycles. The number of hydrogen-bond donors (Lipinski definition) is 1. The maximum atomic E-state index is 13.9. The van der Waals surface area contributed by atoms with Gasteiger partial charge in [0.15, 0.2) is 0 Å². The van der Waals surface area contributed by atoms with E-state index in [4.69, 9.17) is 0 Å². The van der Waals surface area contributed by atoms with Gasteiger partial charge in [0.05, 0.1) is 11.2 Å². The number of benzene rings is 1. The van der Waals surface area contributed by atoms with E-state index in [1.165, 1.54) is 4.68 Å². The molecule has 0 atom stereocenters. The molecule has 1 amide bonds. The van der Waals surface area contributed by atoms with Crippen molar-refractivity contribution in [2.45, 2.75) is 25.3 Å². The molecule has 1 aliphatic rings. The van der Waals surface area contributed by atoms with E-state index in [9.17, 15) is 13.6 Å². The van der Waals surface area contributed by atoms with E-state index >= 15 is 0 Å². The molecular formula is C15H15F2N3O. The van der Waals surface area contributed by atoms with Crippen molar-refractivity contribution in [3.8, 4) is 0 Å². The highest BCUT2D eigenvalue weighted by molar-refractivity contribution is 5.93. The molecule has 0 spiro atoms. The van der Waals surface area contributed by atoms with Crippen LogP contribution >= 0.6 is 0 Å². The molecule has 0 aliphatic heterocycles. The molecule has 21 heavy (non-hydrogen) atoms. The number of hydrogen-bond acceptors (Lipinski definition) is 2. The first-order valence-corrected chi connectivity index (χ1v) is 6.70. The Hall–Kier alpha value is -2.24. The number of halogens is 2. The van der Waals surface area contributed by atoms with E-state index in [2.05, 4.69) is 10.4 Å². The van der Waals surface area contributed by atoms with Gasteiger partial charge >= 0.3 is 0 Å². The van der Waals surface area contributed by atoms with Crippen molar-refractivity contribution in [1.29, 1.82) is 0 Å². The number of aryl methyl sites for hydroxylation is 2. The molecular weight excluding hydrogens is 276 g/mol. The normalized spacial score (nSPS) is 15.8.